The summed E-state index contributed by atoms with van der Waals surface area (Å²) in [4.78, 5) is 20.0. The van der Waals surface area contributed by atoms with E-state index in [2.05, 4.69) is 9.83 Å². The Morgan fingerprint density at radius 2 is 2.06 bits per heavy atom. The van der Waals surface area contributed by atoms with Crippen molar-refractivity contribution in [1.82, 2.24) is 4.98 Å². The van der Waals surface area contributed by atoms with Crippen molar-refractivity contribution in [2.45, 2.75) is 26.4 Å². The third kappa shape index (κ3) is 4.70. The van der Waals surface area contributed by atoms with Crippen LogP contribution in [0, 0.1) is 12.4 Å². The van der Waals surface area contributed by atoms with Crippen molar-refractivity contribution in [1.29, 1.82) is 0 Å². The first-order chi connectivity index (χ1) is 15.6. The van der Waals surface area contributed by atoms with Gasteiger partial charge >= 0.3 is 5.97 Å². The summed E-state index contributed by atoms with van der Waals surface area (Å²) < 4.78 is 31.9. The molecular formula is C25H21FN2O4. The van der Waals surface area contributed by atoms with Gasteiger partial charge < -0.3 is 14.2 Å². The molecule has 6 nitrogen and oxygen atoms in total. The predicted molar refractivity (Wildman–Crippen MR) is 116 cm³/mol. The van der Waals surface area contributed by atoms with Crippen molar-refractivity contribution in [3.05, 3.63) is 82.5 Å². The fraction of sp³-hybridized carbons (Fsp3) is 0.240. The number of ether oxygens (including phenoxy) is 3. The molecule has 0 fully saturated rings. The summed E-state index contributed by atoms with van der Waals surface area (Å²) in [5.41, 5.74) is 3.31. The van der Waals surface area contributed by atoms with Gasteiger partial charge in [0.2, 0.25) is 5.88 Å². The zero-order chi connectivity index (χ0) is 22.5. The van der Waals surface area contributed by atoms with E-state index in [0.717, 1.165) is 11.1 Å². The number of carbonyl (C=O) groups is 1. The Balaban J connectivity index is 1.77. The van der Waals surface area contributed by atoms with Crippen LogP contribution in [0.4, 0.5) is 10.1 Å². The summed E-state index contributed by atoms with van der Waals surface area (Å²) in [6, 6.07) is 13.4. The van der Waals surface area contributed by atoms with Gasteiger partial charge in [0.15, 0.2) is 5.69 Å². The summed E-state index contributed by atoms with van der Waals surface area (Å²) in [6.07, 6.45) is 0.402. The standard InChI is InChI=1S/C25H21FN2O4/c1-3-30-25(29)13-18-12-21(26)20-11-16(18)9-10-31-23-14-19(27-2)8-7-17(23)15-32-24-6-4-5-22(20)28-24/h4-8,11-12,14H,3,9-10,13,15H2,1H3. The molecule has 1 aliphatic rings. The minimum absolute atomic E-state index is 0.0323. The predicted octanol–water partition coefficient (Wildman–Crippen LogP) is 5.06. The number of nitrogens with zero attached hydrogens (tertiary/aromatic N) is 2. The number of esters is 1. The molecule has 4 rings (SSSR count). The van der Waals surface area contributed by atoms with Gasteiger partial charge in [0.25, 0.3) is 0 Å². The highest BCUT2D eigenvalue weighted by molar-refractivity contribution is 5.74. The summed E-state index contributed by atoms with van der Waals surface area (Å²) in [6.45, 7) is 9.72. The Kier molecular flexibility index (Phi) is 6.31. The molecule has 0 atom stereocenters. The second-order valence-corrected chi connectivity index (χ2v) is 7.23. The first-order valence-corrected chi connectivity index (χ1v) is 10.3. The van der Waals surface area contributed by atoms with Crippen molar-refractivity contribution < 1.29 is 23.4 Å². The molecular weight excluding hydrogens is 411 g/mol. The Morgan fingerprint density at radius 3 is 2.88 bits per heavy atom. The minimum atomic E-state index is -0.474. The van der Waals surface area contributed by atoms with E-state index in [1.807, 2.05) is 0 Å². The fourth-order valence-corrected chi connectivity index (χ4v) is 3.55. The topological polar surface area (TPSA) is 62.0 Å². The fourth-order valence-electron chi connectivity index (χ4n) is 3.55. The quantitative estimate of drug-likeness (QED) is 0.428. The molecule has 4 bridgehead atoms. The first-order valence-electron chi connectivity index (χ1n) is 10.3. The van der Waals surface area contributed by atoms with Crippen LogP contribution in [0.1, 0.15) is 23.6 Å². The van der Waals surface area contributed by atoms with E-state index < -0.39 is 11.8 Å². The van der Waals surface area contributed by atoms with E-state index in [0.29, 0.717) is 40.6 Å². The van der Waals surface area contributed by atoms with Crippen LogP contribution in [0.2, 0.25) is 0 Å². The Bertz CT molecular complexity index is 1200. The van der Waals surface area contributed by atoms with Gasteiger partial charge in [0, 0.05) is 23.6 Å². The lowest BCUT2D eigenvalue weighted by Crippen LogP contribution is -2.12. The highest BCUT2D eigenvalue weighted by Gasteiger charge is 2.17. The highest BCUT2D eigenvalue weighted by atomic mass is 19.1. The molecule has 32 heavy (non-hydrogen) atoms. The van der Waals surface area contributed by atoms with Gasteiger partial charge in [-0.1, -0.05) is 18.2 Å². The van der Waals surface area contributed by atoms with Gasteiger partial charge in [-0.05, 0) is 42.3 Å². The first kappa shape index (κ1) is 21.3. The maximum atomic E-state index is 15.0. The average molecular weight is 432 g/mol. The largest absolute Gasteiger partial charge is 0.494 e. The summed E-state index contributed by atoms with van der Waals surface area (Å²) in [5.74, 6) is 0.000424. The van der Waals surface area contributed by atoms with E-state index in [1.54, 1.807) is 49.4 Å². The molecule has 0 radical (unpaired) electrons. The van der Waals surface area contributed by atoms with Crippen molar-refractivity contribution in [3.63, 3.8) is 0 Å². The molecule has 0 aliphatic carbocycles. The van der Waals surface area contributed by atoms with Gasteiger partial charge in [0.1, 0.15) is 18.2 Å². The molecule has 0 spiro atoms. The number of fused-ring (bicyclic) bond motifs is 6. The van der Waals surface area contributed by atoms with Crippen LogP contribution in [0.15, 0.2) is 48.5 Å². The number of hydrogen-bond donors (Lipinski definition) is 0. The second kappa shape index (κ2) is 9.48. The zero-order valence-corrected chi connectivity index (χ0v) is 17.6. The molecule has 0 unspecified atom stereocenters. The van der Waals surface area contributed by atoms with Gasteiger partial charge in [-0.3, -0.25) is 4.79 Å². The number of pyridine rings is 1. The molecule has 1 aromatic heterocycles. The molecule has 0 saturated heterocycles. The second-order valence-electron chi connectivity index (χ2n) is 7.23. The minimum Gasteiger partial charge on any atom is -0.494 e. The highest BCUT2D eigenvalue weighted by Crippen LogP contribution is 2.30. The summed E-state index contributed by atoms with van der Waals surface area (Å²) >= 11 is 0. The van der Waals surface area contributed by atoms with Gasteiger partial charge in [0.05, 0.1) is 31.9 Å². The van der Waals surface area contributed by atoms with Crippen LogP contribution in [0.5, 0.6) is 11.6 Å². The summed E-state index contributed by atoms with van der Waals surface area (Å²) in [7, 11) is 0. The summed E-state index contributed by atoms with van der Waals surface area (Å²) in [5, 5.41) is 0. The third-order valence-electron chi connectivity index (χ3n) is 5.11. The number of benzene rings is 2. The molecule has 162 valence electrons. The molecule has 2 heterocycles. The normalized spacial score (nSPS) is 12.5. The lowest BCUT2D eigenvalue weighted by atomic mass is 9.97. The monoisotopic (exact) mass is 432 g/mol. The van der Waals surface area contributed by atoms with Crippen molar-refractivity contribution >= 4 is 11.7 Å². The van der Waals surface area contributed by atoms with E-state index >= 15 is 4.39 Å². The molecule has 0 saturated carbocycles. The SMILES string of the molecule is [C-]#[N+]c1ccc2c(c1)OCCc1cc(c(F)cc1CC(=O)OCC)-c1cccc(n1)OC2. The van der Waals surface area contributed by atoms with Crippen LogP contribution in [-0.4, -0.2) is 24.2 Å². The zero-order valence-electron chi connectivity index (χ0n) is 17.6. The number of hydrogen-bond acceptors (Lipinski definition) is 5. The van der Waals surface area contributed by atoms with Crippen LogP contribution >= 0.6 is 0 Å². The van der Waals surface area contributed by atoms with E-state index in [4.69, 9.17) is 20.8 Å². The number of aromatic nitrogens is 1. The van der Waals surface area contributed by atoms with Crippen LogP contribution < -0.4 is 9.47 Å². The number of halogens is 1. The van der Waals surface area contributed by atoms with Gasteiger partial charge in [-0.25, -0.2) is 14.2 Å². The molecule has 2 aromatic carbocycles. The number of carbonyl (C=O) groups excluding carboxylic acids is 1. The lowest BCUT2D eigenvalue weighted by molar-refractivity contribution is -0.142. The Morgan fingerprint density at radius 1 is 1.19 bits per heavy atom. The number of rotatable bonds is 3. The van der Waals surface area contributed by atoms with Crippen LogP contribution in [-0.2, 0) is 29.0 Å². The van der Waals surface area contributed by atoms with Crippen LogP contribution in [0.25, 0.3) is 16.1 Å². The van der Waals surface area contributed by atoms with Crippen molar-refractivity contribution in [3.8, 4) is 22.9 Å². The van der Waals surface area contributed by atoms with Crippen molar-refractivity contribution in [2.75, 3.05) is 13.2 Å². The Hall–Kier alpha value is -3.92. The van der Waals surface area contributed by atoms with E-state index in [1.165, 1.54) is 6.07 Å². The van der Waals surface area contributed by atoms with E-state index in [9.17, 15) is 4.79 Å². The molecule has 3 aromatic rings. The molecule has 7 heteroatoms. The van der Waals surface area contributed by atoms with Gasteiger partial charge in [-0.15, -0.1) is 0 Å². The molecule has 0 N–H and O–H groups in total. The lowest BCUT2D eigenvalue weighted by Gasteiger charge is -2.14. The maximum absolute atomic E-state index is 15.0. The Labute approximate surface area is 185 Å². The van der Waals surface area contributed by atoms with Crippen LogP contribution in [0.3, 0.4) is 0 Å². The molecule has 0 amide bonds. The maximum Gasteiger partial charge on any atom is 0.310 e. The molecule has 1 aliphatic heterocycles. The smallest absolute Gasteiger partial charge is 0.310 e. The van der Waals surface area contributed by atoms with Gasteiger partial charge in [-0.2, -0.15) is 0 Å². The third-order valence-corrected chi connectivity index (χ3v) is 5.11. The van der Waals surface area contributed by atoms with Crippen molar-refractivity contribution in [2.24, 2.45) is 0 Å². The average Bonchev–Trinajstić information content (AvgIpc) is 2.80. The van der Waals surface area contributed by atoms with E-state index in [-0.39, 0.29) is 26.2 Å².